The van der Waals surface area contributed by atoms with E-state index in [0.717, 1.165) is 22.3 Å². The third kappa shape index (κ3) is 4.91. The molecule has 8 heteroatoms. The summed E-state index contributed by atoms with van der Waals surface area (Å²) in [6, 6.07) is 9.21. The van der Waals surface area contributed by atoms with Crippen molar-refractivity contribution in [1.82, 2.24) is 9.62 Å². The minimum absolute atomic E-state index is 0.171. The Kier molecular flexibility index (Phi) is 7.46. The van der Waals surface area contributed by atoms with Crippen LogP contribution in [-0.4, -0.2) is 45.9 Å². The summed E-state index contributed by atoms with van der Waals surface area (Å²) in [6.45, 7) is 6.42. The number of carbonyl (C=O) groups excluding carboxylic acids is 1. The molecule has 0 saturated carbocycles. The molecule has 0 aromatic heterocycles. The smallest absolute Gasteiger partial charge is 0.243 e. The lowest BCUT2D eigenvalue weighted by molar-refractivity contribution is -0.126. The standard InChI is InChI=1S/C24H32N2O5S/c1-16-12-17(2)23(18(3)13-16)32(28,29)26-11-7-8-19(15-26)24(27)25-14-20-21(30-4)9-6-10-22(20)31-5/h6,9-10,12-13,19H,7-8,11,14-15H2,1-5H3,(H,25,27)/t19-/m0/s1. The molecule has 1 aliphatic rings. The summed E-state index contributed by atoms with van der Waals surface area (Å²) in [4.78, 5) is 13.3. The van der Waals surface area contributed by atoms with Crippen LogP contribution in [0.25, 0.3) is 0 Å². The summed E-state index contributed by atoms with van der Waals surface area (Å²) >= 11 is 0. The maximum atomic E-state index is 13.4. The molecule has 3 rings (SSSR count). The number of nitrogens with zero attached hydrogens (tertiary/aromatic N) is 1. The second-order valence-corrected chi connectivity index (χ2v) is 10.2. The first kappa shape index (κ1) is 24.1. The van der Waals surface area contributed by atoms with Gasteiger partial charge in [0.15, 0.2) is 0 Å². The second-order valence-electron chi connectivity index (χ2n) is 8.29. The maximum Gasteiger partial charge on any atom is 0.243 e. The van der Waals surface area contributed by atoms with Crippen molar-refractivity contribution < 1.29 is 22.7 Å². The number of amides is 1. The predicted molar refractivity (Wildman–Crippen MR) is 124 cm³/mol. The largest absolute Gasteiger partial charge is 0.496 e. The fourth-order valence-electron chi connectivity index (χ4n) is 4.50. The van der Waals surface area contributed by atoms with E-state index in [0.29, 0.717) is 35.8 Å². The van der Waals surface area contributed by atoms with Crippen LogP contribution in [-0.2, 0) is 21.4 Å². The monoisotopic (exact) mass is 460 g/mol. The minimum atomic E-state index is -3.68. The Hall–Kier alpha value is -2.58. The Morgan fingerprint density at radius 1 is 1.09 bits per heavy atom. The first-order chi connectivity index (χ1) is 15.2. The van der Waals surface area contributed by atoms with E-state index in [1.54, 1.807) is 14.2 Å². The number of ether oxygens (including phenoxy) is 2. The Morgan fingerprint density at radius 2 is 1.69 bits per heavy atom. The number of nitrogens with one attached hydrogen (secondary N) is 1. The molecule has 0 radical (unpaired) electrons. The molecule has 0 spiro atoms. The SMILES string of the molecule is COc1cccc(OC)c1CNC(=O)[C@H]1CCCN(S(=O)(=O)c2c(C)cc(C)cc2C)C1. The molecule has 1 fully saturated rings. The van der Waals surface area contributed by atoms with Crippen LogP contribution in [0.2, 0.25) is 0 Å². The van der Waals surface area contributed by atoms with Crippen LogP contribution >= 0.6 is 0 Å². The molecule has 7 nitrogen and oxygen atoms in total. The van der Waals surface area contributed by atoms with E-state index in [1.807, 2.05) is 51.1 Å². The van der Waals surface area contributed by atoms with Crippen molar-refractivity contribution in [3.05, 3.63) is 52.6 Å². The van der Waals surface area contributed by atoms with E-state index in [4.69, 9.17) is 9.47 Å². The first-order valence-electron chi connectivity index (χ1n) is 10.7. The van der Waals surface area contributed by atoms with Crippen molar-refractivity contribution >= 4 is 15.9 Å². The van der Waals surface area contributed by atoms with E-state index in [2.05, 4.69) is 5.32 Å². The number of hydrogen-bond donors (Lipinski definition) is 1. The van der Waals surface area contributed by atoms with Crippen LogP contribution < -0.4 is 14.8 Å². The summed E-state index contributed by atoms with van der Waals surface area (Å²) in [5.41, 5.74) is 3.24. The van der Waals surface area contributed by atoms with Crippen molar-refractivity contribution in [1.29, 1.82) is 0 Å². The molecule has 2 aromatic carbocycles. The summed E-state index contributed by atoms with van der Waals surface area (Å²) in [5.74, 6) is 0.672. The lowest BCUT2D eigenvalue weighted by Gasteiger charge is -2.32. The Balaban J connectivity index is 1.75. The number of carbonyl (C=O) groups is 1. The van der Waals surface area contributed by atoms with Crippen LogP contribution in [0, 0.1) is 26.7 Å². The molecule has 1 heterocycles. The summed E-state index contributed by atoms with van der Waals surface area (Å²) in [5, 5.41) is 2.94. The van der Waals surface area contributed by atoms with E-state index >= 15 is 0 Å². The van der Waals surface area contributed by atoms with Crippen molar-refractivity contribution in [2.75, 3.05) is 27.3 Å². The summed E-state index contributed by atoms with van der Waals surface area (Å²) in [6.07, 6.45) is 1.28. The number of benzene rings is 2. The molecule has 1 amide bonds. The number of methoxy groups -OCH3 is 2. The van der Waals surface area contributed by atoms with Crippen LogP contribution in [0.3, 0.4) is 0 Å². The van der Waals surface area contributed by atoms with Gasteiger partial charge in [0.05, 0.1) is 37.1 Å². The van der Waals surface area contributed by atoms with Gasteiger partial charge in [0.25, 0.3) is 0 Å². The average molecular weight is 461 g/mol. The van der Waals surface area contributed by atoms with Crippen LogP contribution in [0.4, 0.5) is 0 Å². The third-order valence-corrected chi connectivity index (χ3v) is 8.10. The number of piperidine rings is 1. The lowest BCUT2D eigenvalue weighted by atomic mass is 9.98. The molecule has 1 atom stereocenters. The number of sulfonamides is 1. The van der Waals surface area contributed by atoms with Gasteiger partial charge < -0.3 is 14.8 Å². The lowest BCUT2D eigenvalue weighted by Crippen LogP contribution is -2.45. The minimum Gasteiger partial charge on any atom is -0.496 e. The highest BCUT2D eigenvalue weighted by molar-refractivity contribution is 7.89. The van der Waals surface area contributed by atoms with Crippen molar-refractivity contribution in [2.24, 2.45) is 5.92 Å². The zero-order valence-electron chi connectivity index (χ0n) is 19.4. The molecule has 0 aliphatic carbocycles. The number of rotatable bonds is 7. The zero-order chi connectivity index (χ0) is 23.5. The molecule has 1 N–H and O–H groups in total. The van der Waals surface area contributed by atoms with Gasteiger partial charge in [-0.25, -0.2) is 8.42 Å². The van der Waals surface area contributed by atoms with Gasteiger partial charge in [-0.3, -0.25) is 4.79 Å². The Morgan fingerprint density at radius 3 is 2.25 bits per heavy atom. The van der Waals surface area contributed by atoms with Crippen molar-refractivity contribution in [2.45, 2.75) is 45.1 Å². The highest BCUT2D eigenvalue weighted by Crippen LogP contribution is 2.30. The van der Waals surface area contributed by atoms with Gasteiger partial charge in [0.2, 0.25) is 15.9 Å². The van der Waals surface area contributed by atoms with Gasteiger partial charge in [-0.05, 0) is 56.9 Å². The van der Waals surface area contributed by atoms with Gasteiger partial charge in [-0.1, -0.05) is 23.8 Å². The molecule has 2 aromatic rings. The molecule has 0 bridgehead atoms. The second kappa shape index (κ2) is 9.92. The summed E-state index contributed by atoms with van der Waals surface area (Å²) in [7, 11) is -0.545. The third-order valence-electron chi connectivity index (χ3n) is 5.93. The van der Waals surface area contributed by atoms with E-state index in [9.17, 15) is 13.2 Å². The molecular weight excluding hydrogens is 428 g/mol. The Labute approximate surface area is 190 Å². The first-order valence-corrected chi connectivity index (χ1v) is 12.2. The summed E-state index contributed by atoms with van der Waals surface area (Å²) < 4.78 is 39.1. The van der Waals surface area contributed by atoms with Gasteiger partial charge in [0.1, 0.15) is 11.5 Å². The van der Waals surface area contributed by atoms with Crippen molar-refractivity contribution in [3.8, 4) is 11.5 Å². The van der Waals surface area contributed by atoms with E-state index in [1.165, 1.54) is 4.31 Å². The number of aryl methyl sites for hydroxylation is 3. The molecular formula is C24H32N2O5S. The fourth-order valence-corrected chi connectivity index (χ4v) is 6.44. The Bertz CT molecular complexity index is 1050. The van der Waals surface area contributed by atoms with Gasteiger partial charge >= 0.3 is 0 Å². The normalized spacial score (nSPS) is 17.1. The zero-order valence-corrected chi connectivity index (χ0v) is 20.2. The van der Waals surface area contributed by atoms with Crippen molar-refractivity contribution in [3.63, 3.8) is 0 Å². The molecule has 1 saturated heterocycles. The van der Waals surface area contributed by atoms with E-state index < -0.39 is 15.9 Å². The molecule has 174 valence electrons. The highest BCUT2D eigenvalue weighted by Gasteiger charge is 2.35. The van der Waals surface area contributed by atoms with Crippen LogP contribution in [0.1, 0.15) is 35.1 Å². The highest BCUT2D eigenvalue weighted by atomic mass is 32.2. The maximum absolute atomic E-state index is 13.4. The van der Waals surface area contributed by atoms with Gasteiger partial charge in [-0.2, -0.15) is 4.31 Å². The predicted octanol–water partition coefficient (Wildman–Crippen LogP) is 3.35. The quantitative estimate of drug-likeness (QED) is 0.685. The van der Waals surface area contributed by atoms with E-state index in [-0.39, 0.29) is 19.0 Å². The fraction of sp³-hybridized carbons (Fsp3) is 0.458. The number of hydrogen-bond acceptors (Lipinski definition) is 5. The van der Waals surface area contributed by atoms with Gasteiger partial charge in [-0.15, -0.1) is 0 Å². The topological polar surface area (TPSA) is 84.9 Å². The van der Waals surface area contributed by atoms with Gasteiger partial charge in [0, 0.05) is 13.1 Å². The molecule has 32 heavy (non-hydrogen) atoms. The molecule has 1 aliphatic heterocycles. The van der Waals surface area contributed by atoms with Crippen LogP contribution in [0.15, 0.2) is 35.2 Å². The average Bonchev–Trinajstić information content (AvgIpc) is 2.76. The van der Waals surface area contributed by atoms with Crippen LogP contribution in [0.5, 0.6) is 11.5 Å². The molecule has 0 unspecified atom stereocenters.